The number of nitrogens with zero attached hydrogens (tertiary/aromatic N) is 1. The molecular weight excluding hydrogens is 272 g/mol. The molecule has 2 rings (SSSR count). The van der Waals surface area contributed by atoms with E-state index >= 15 is 0 Å². The highest BCUT2D eigenvalue weighted by Gasteiger charge is 2.18. The molecule has 0 spiro atoms. The first-order chi connectivity index (χ1) is 10.6. The Morgan fingerprint density at radius 1 is 1.14 bits per heavy atom. The number of rotatable bonds is 6. The Morgan fingerprint density at radius 2 is 1.86 bits per heavy atom. The fourth-order valence-electron chi connectivity index (χ4n) is 2.59. The highest BCUT2D eigenvalue weighted by molar-refractivity contribution is 5.76. The number of aryl methyl sites for hydroxylation is 1. The Morgan fingerprint density at radius 3 is 2.50 bits per heavy atom. The lowest BCUT2D eigenvalue weighted by Crippen LogP contribution is -2.30. The van der Waals surface area contributed by atoms with Crippen molar-refractivity contribution in [1.82, 2.24) is 10.3 Å². The lowest BCUT2D eigenvalue weighted by atomic mass is 9.91. The summed E-state index contributed by atoms with van der Waals surface area (Å²) in [5.74, 6) is 0.551. The van der Waals surface area contributed by atoms with E-state index in [1.54, 1.807) is 6.20 Å². The molecule has 1 amide bonds. The lowest BCUT2D eigenvalue weighted by molar-refractivity contribution is -0.121. The third-order valence-corrected chi connectivity index (χ3v) is 3.71. The molecule has 0 fully saturated rings. The van der Waals surface area contributed by atoms with Crippen LogP contribution in [-0.4, -0.2) is 17.4 Å². The molecule has 3 heteroatoms. The molecule has 2 aromatic rings. The zero-order valence-electron chi connectivity index (χ0n) is 13.5. The molecule has 1 heterocycles. The molecule has 1 unspecified atom stereocenters. The first-order valence-corrected chi connectivity index (χ1v) is 7.81. The van der Waals surface area contributed by atoms with Crippen LogP contribution in [0.1, 0.15) is 43.0 Å². The number of carbonyl (C=O) groups excluding carboxylic acids is 1. The first-order valence-electron chi connectivity index (χ1n) is 7.81. The lowest BCUT2D eigenvalue weighted by Gasteiger charge is -2.20. The molecule has 0 bridgehead atoms. The van der Waals surface area contributed by atoms with Crippen molar-refractivity contribution in [2.45, 2.75) is 33.1 Å². The molecule has 116 valence electrons. The molecule has 1 aromatic heterocycles. The van der Waals surface area contributed by atoms with Crippen LogP contribution in [-0.2, 0) is 4.79 Å². The normalized spacial score (nSPS) is 12.2. The molecular formula is C19H24N2O. The summed E-state index contributed by atoms with van der Waals surface area (Å²) in [6.07, 6.45) is 2.36. The number of aromatic nitrogens is 1. The van der Waals surface area contributed by atoms with Gasteiger partial charge in [0.25, 0.3) is 0 Å². The Labute approximate surface area is 132 Å². The van der Waals surface area contributed by atoms with Gasteiger partial charge in [-0.05, 0) is 36.1 Å². The Kier molecular flexibility index (Phi) is 5.70. The van der Waals surface area contributed by atoms with Gasteiger partial charge in [0.2, 0.25) is 5.91 Å². The van der Waals surface area contributed by atoms with E-state index in [1.165, 1.54) is 11.1 Å². The van der Waals surface area contributed by atoms with Gasteiger partial charge in [-0.3, -0.25) is 9.78 Å². The predicted octanol–water partition coefficient (Wildman–Crippen LogP) is 3.68. The number of carbonyl (C=O) groups is 1. The number of amides is 1. The van der Waals surface area contributed by atoms with Crippen LogP contribution in [0.3, 0.4) is 0 Å². The average molecular weight is 296 g/mol. The summed E-state index contributed by atoms with van der Waals surface area (Å²) in [6.45, 7) is 6.78. The van der Waals surface area contributed by atoms with Crippen LogP contribution in [0.2, 0.25) is 0 Å². The minimum Gasteiger partial charge on any atom is -0.355 e. The van der Waals surface area contributed by atoms with Crippen LogP contribution in [0.5, 0.6) is 0 Å². The van der Waals surface area contributed by atoms with Gasteiger partial charge in [0, 0.05) is 30.8 Å². The molecule has 0 aliphatic heterocycles. The molecule has 0 aliphatic carbocycles. The SMILES string of the molecule is Cc1ccccc1C(CNC(=O)CC(C)C)c1ccccn1. The van der Waals surface area contributed by atoms with E-state index in [2.05, 4.69) is 43.2 Å². The number of pyridine rings is 1. The molecule has 22 heavy (non-hydrogen) atoms. The number of benzene rings is 1. The molecule has 0 saturated carbocycles. The molecule has 1 aromatic carbocycles. The second kappa shape index (κ2) is 7.74. The van der Waals surface area contributed by atoms with Gasteiger partial charge in [-0.15, -0.1) is 0 Å². The Hall–Kier alpha value is -2.16. The summed E-state index contributed by atoms with van der Waals surface area (Å²) in [7, 11) is 0. The molecule has 0 saturated heterocycles. The smallest absolute Gasteiger partial charge is 0.220 e. The maximum atomic E-state index is 12.0. The van der Waals surface area contributed by atoms with Gasteiger partial charge in [-0.2, -0.15) is 0 Å². The second-order valence-corrected chi connectivity index (χ2v) is 6.07. The summed E-state index contributed by atoms with van der Waals surface area (Å²) < 4.78 is 0. The van der Waals surface area contributed by atoms with Gasteiger partial charge < -0.3 is 5.32 Å². The van der Waals surface area contributed by atoms with Crippen molar-refractivity contribution in [1.29, 1.82) is 0 Å². The molecule has 3 nitrogen and oxygen atoms in total. The van der Waals surface area contributed by atoms with E-state index in [4.69, 9.17) is 0 Å². The van der Waals surface area contributed by atoms with Crippen LogP contribution in [0.25, 0.3) is 0 Å². The quantitative estimate of drug-likeness (QED) is 0.883. The van der Waals surface area contributed by atoms with Crippen molar-refractivity contribution in [3.63, 3.8) is 0 Å². The maximum absolute atomic E-state index is 12.0. The van der Waals surface area contributed by atoms with Gasteiger partial charge in [-0.1, -0.05) is 44.2 Å². The van der Waals surface area contributed by atoms with Crippen molar-refractivity contribution in [2.75, 3.05) is 6.54 Å². The van der Waals surface area contributed by atoms with E-state index in [-0.39, 0.29) is 11.8 Å². The minimum absolute atomic E-state index is 0.0820. The summed E-state index contributed by atoms with van der Waals surface area (Å²) in [4.78, 5) is 16.5. The highest BCUT2D eigenvalue weighted by Crippen LogP contribution is 2.25. The topological polar surface area (TPSA) is 42.0 Å². The highest BCUT2D eigenvalue weighted by atomic mass is 16.1. The summed E-state index contributed by atoms with van der Waals surface area (Å²) in [6, 6.07) is 14.2. The number of hydrogen-bond acceptors (Lipinski definition) is 2. The van der Waals surface area contributed by atoms with Crippen molar-refractivity contribution in [3.8, 4) is 0 Å². The third kappa shape index (κ3) is 4.42. The zero-order valence-corrected chi connectivity index (χ0v) is 13.5. The van der Waals surface area contributed by atoms with Gasteiger partial charge in [-0.25, -0.2) is 0 Å². The predicted molar refractivity (Wildman–Crippen MR) is 89.7 cm³/mol. The maximum Gasteiger partial charge on any atom is 0.220 e. The van der Waals surface area contributed by atoms with Gasteiger partial charge in [0.15, 0.2) is 0 Å². The standard InChI is InChI=1S/C19H24N2O/c1-14(2)12-19(22)21-13-17(18-10-6-7-11-20-18)16-9-5-4-8-15(16)3/h4-11,14,17H,12-13H2,1-3H3,(H,21,22). The van der Waals surface area contributed by atoms with Crippen molar-refractivity contribution < 1.29 is 4.79 Å². The molecule has 0 aliphatic rings. The third-order valence-electron chi connectivity index (χ3n) is 3.71. The zero-order chi connectivity index (χ0) is 15.9. The molecule has 1 atom stereocenters. The monoisotopic (exact) mass is 296 g/mol. The van der Waals surface area contributed by atoms with Crippen LogP contribution in [0, 0.1) is 12.8 Å². The van der Waals surface area contributed by atoms with Gasteiger partial charge in [0.05, 0.1) is 0 Å². The number of nitrogens with one attached hydrogen (secondary N) is 1. The van der Waals surface area contributed by atoms with E-state index in [1.807, 2.05) is 30.3 Å². The summed E-state index contributed by atoms with van der Waals surface area (Å²) in [5, 5.41) is 3.06. The number of hydrogen-bond donors (Lipinski definition) is 1. The van der Waals surface area contributed by atoms with Crippen molar-refractivity contribution in [3.05, 3.63) is 65.5 Å². The van der Waals surface area contributed by atoms with Crippen LogP contribution in [0.4, 0.5) is 0 Å². The first kappa shape index (κ1) is 16.2. The molecule has 0 radical (unpaired) electrons. The van der Waals surface area contributed by atoms with Crippen LogP contribution >= 0.6 is 0 Å². The average Bonchev–Trinajstić information content (AvgIpc) is 2.49. The largest absolute Gasteiger partial charge is 0.355 e. The van der Waals surface area contributed by atoms with Crippen molar-refractivity contribution >= 4 is 5.91 Å². The van der Waals surface area contributed by atoms with Crippen LogP contribution < -0.4 is 5.32 Å². The Bertz CT molecular complexity index is 608. The van der Waals surface area contributed by atoms with E-state index in [0.717, 1.165) is 5.69 Å². The van der Waals surface area contributed by atoms with E-state index < -0.39 is 0 Å². The summed E-state index contributed by atoms with van der Waals surface area (Å²) >= 11 is 0. The van der Waals surface area contributed by atoms with Gasteiger partial charge >= 0.3 is 0 Å². The summed E-state index contributed by atoms with van der Waals surface area (Å²) in [5.41, 5.74) is 3.42. The van der Waals surface area contributed by atoms with E-state index in [0.29, 0.717) is 18.9 Å². The second-order valence-electron chi connectivity index (χ2n) is 6.07. The van der Waals surface area contributed by atoms with Crippen molar-refractivity contribution in [2.24, 2.45) is 5.92 Å². The molecule has 1 N–H and O–H groups in total. The fraction of sp³-hybridized carbons (Fsp3) is 0.368. The van der Waals surface area contributed by atoms with E-state index in [9.17, 15) is 4.79 Å². The minimum atomic E-state index is 0.0820. The van der Waals surface area contributed by atoms with Crippen LogP contribution in [0.15, 0.2) is 48.7 Å². The fourth-order valence-corrected chi connectivity index (χ4v) is 2.59. The van der Waals surface area contributed by atoms with Gasteiger partial charge in [0.1, 0.15) is 0 Å². The Balaban J connectivity index is 2.20.